The summed E-state index contributed by atoms with van der Waals surface area (Å²) in [5.41, 5.74) is 0. The summed E-state index contributed by atoms with van der Waals surface area (Å²) in [6, 6.07) is -0.255. The molecule has 0 fully saturated rings. The van der Waals surface area contributed by atoms with Crippen LogP contribution in [0.2, 0.25) is 0 Å². The van der Waals surface area contributed by atoms with E-state index in [2.05, 4.69) is 9.46 Å². The van der Waals surface area contributed by atoms with Gasteiger partial charge in [-0.3, -0.25) is 9.59 Å². The fourth-order valence-corrected chi connectivity index (χ4v) is 3.16. The van der Waals surface area contributed by atoms with Crippen LogP contribution in [0.3, 0.4) is 0 Å². The average molecular weight is 323 g/mol. The van der Waals surface area contributed by atoms with Gasteiger partial charge in [-0.15, -0.1) is 0 Å². The minimum Gasteiger partial charge on any atom is -0.481 e. The largest absolute Gasteiger partial charge is 0.481 e. The van der Waals surface area contributed by atoms with Gasteiger partial charge in [-0.1, -0.05) is 13.3 Å². The van der Waals surface area contributed by atoms with Crippen molar-refractivity contribution in [3.05, 3.63) is 0 Å². The first kappa shape index (κ1) is 19.9. The Morgan fingerprint density at radius 1 is 1.19 bits per heavy atom. The summed E-state index contributed by atoms with van der Waals surface area (Å²) in [4.78, 5) is 21.5. The molecule has 2 unspecified atom stereocenters. The van der Waals surface area contributed by atoms with Crippen LogP contribution in [0.5, 0.6) is 0 Å². The summed E-state index contributed by atoms with van der Waals surface area (Å²) in [6.07, 6.45) is 2.02. The molecule has 0 saturated carbocycles. The molecule has 7 nitrogen and oxygen atoms in total. The second-order valence-corrected chi connectivity index (χ2v) is 7.06. The smallest absolute Gasteiger partial charge is 0.306 e. The van der Waals surface area contributed by atoms with Crippen molar-refractivity contribution in [2.75, 3.05) is 12.9 Å². The number of hydrogen-bond acceptors (Lipinski definition) is 5. The van der Waals surface area contributed by atoms with Crippen LogP contribution < -0.4 is 4.72 Å². The Kier molecular flexibility index (Phi) is 9.19. The third kappa shape index (κ3) is 10.3. The van der Waals surface area contributed by atoms with Crippen LogP contribution in [0.25, 0.3) is 0 Å². The Morgan fingerprint density at radius 3 is 2.33 bits per heavy atom. The van der Waals surface area contributed by atoms with Crippen molar-refractivity contribution in [1.29, 1.82) is 0 Å². The quantitative estimate of drug-likeness (QED) is 0.552. The first-order valence-corrected chi connectivity index (χ1v) is 8.62. The third-order valence-corrected chi connectivity index (χ3v) is 4.69. The Balaban J connectivity index is 3.98. The van der Waals surface area contributed by atoms with Crippen molar-refractivity contribution in [2.45, 2.75) is 52.0 Å². The van der Waals surface area contributed by atoms with E-state index in [-0.39, 0.29) is 24.6 Å². The maximum atomic E-state index is 11.8. The number of methoxy groups -OCH3 is 1. The minimum absolute atomic E-state index is 0.0713. The van der Waals surface area contributed by atoms with Crippen molar-refractivity contribution < 1.29 is 27.9 Å². The highest BCUT2D eigenvalue weighted by Crippen LogP contribution is 2.10. The maximum absolute atomic E-state index is 11.8. The van der Waals surface area contributed by atoms with Gasteiger partial charge >= 0.3 is 11.9 Å². The zero-order valence-corrected chi connectivity index (χ0v) is 13.6. The Morgan fingerprint density at radius 2 is 1.81 bits per heavy atom. The molecule has 0 aromatic heterocycles. The van der Waals surface area contributed by atoms with Gasteiger partial charge in [-0.2, -0.15) is 0 Å². The second-order valence-electron chi connectivity index (χ2n) is 5.19. The molecule has 0 heterocycles. The monoisotopic (exact) mass is 323 g/mol. The summed E-state index contributed by atoms with van der Waals surface area (Å²) in [5, 5.41) is 8.75. The first-order chi connectivity index (χ1) is 9.68. The van der Waals surface area contributed by atoms with Crippen LogP contribution in [-0.4, -0.2) is 44.4 Å². The highest BCUT2D eigenvalue weighted by atomic mass is 32.2. The lowest BCUT2D eigenvalue weighted by molar-refractivity contribution is -0.142. The fraction of sp³-hybridized carbons (Fsp3) is 0.846. The standard InChI is InChI=1S/C13H25NO6S/c1-10(13(16)17)6-4-7-11(2)14-21(18,19)9-5-8-12(15)20-3/h10-11,14H,4-9H2,1-3H3,(H,16,17). The third-order valence-electron chi connectivity index (χ3n) is 3.10. The van der Waals surface area contributed by atoms with Gasteiger partial charge in [0.05, 0.1) is 18.8 Å². The number of nitrogens with one attached hydrogen (secondary N) is 1. The zero-order valence-electron chi connectivity index (χ0n) is 12.8. The number of esters is 1. The van der Waals surface area contributed by atoms with E-state index in [4.69, 9.17) is 5.11 Å². The van der Waals surface area contributed by atoms with Crippen LogP contribution in [0, 0.1) is 5.92 Å². The van der Waals surface area contributed by atoms with Crippen LogP contribution in [-0.2, 0) is 24.3 Å². The van der Waals surface area contributed by atoms with Crippen molar-refractivity contribution in [1.82, 2.24) is 4.72 Å². The van der Waals surface area contributed by atoms with E-state index in [1.54, 1.807) is 13.8 Å². The molecule has 0 amide bonds. The summed E-state index contributed by atoms with van der Waals surface area (Å²) in [6.45, 7) is 3.37. The molecule has 0 spiro atoms. The van der Waals surface area contributed by atoms with E-state index in [0.29, 0.717) is 19.3 Å². The molecule has 0 rings (SSSR count). The molecule has 0 aliphatic heterocycles. The number of carboxylic acid groups (broad SMARTS) is 1. The van der Waals surface area contributed by atoms with E-state index in [1.165, 1.54) is 7.11 Å². The Hall–Kier alpha value is -1.15. The summed E-state index contributed by atoms with van der Waals surface area (Å²) < 4.78 is 30.5. The predicted octanol–water partition coefficient (Wildman–Crippen LogP) is 1.14. The summed E-state index contributed by atoms with van der Waals surface area (Å²) in [5.74, 6) is -1.82. The number of ether oxygens (including phenoxy) is 1. The van der Waals surface area contributed by atoms with E-state index in [0.717, 1.165) is 0 Å². The molecule has 2 atom stereocenters. The van der Waals surface area contributed by atoms with Crippen LogP contribution in [0.4, 0.5) is 0 Å². The van der Waals surface area contributed by atoms with Gasteiger partial charge in [0.15, 0.2) is 0 Å². The van der Waals surface area contributed by atoms with Gasteiger partial charge in [0.25, 0.3) is 0 Å². The van der Waals surface area contributed by atoms with E-state index in [9.17, 15) is 18.0 Å². The van der Waals surface area contributed by atoms with Crippen LogP contribution in [0.15, 0.2) is 0 Å². The average Bonchev–Trinajstić information content (AvgIpc) is 2.37. The molecule has 0 aliphatic carbocycles. The van der Waals surface area contributed by atoms with Gasteiger partial charge in [0, 0.05) is 12.5 Å². The molecule has 124 valence electrons. The molecule has 0 aliphatic rings. The molecule has 2 N–H and O–H groups in total. The number of sulfonamides is 1. The van der Waals surface area contributed by atoms with Crippen LogP contribution in [0.1, 0.15) is 46.0 Å². The molecule has 0 bridgehead atoms. The SMILES string of the molecule is COC(=O)CCCS(=O)(=O)NC(C)CCCC(C)C(=O)O. The summed E-state index contributed by atoms with van der Waals surface area (Å²) >= 11 is 0. The molecular formula is C13H25NO6S. The summed E-state index contributed by atoms with van der Waals surface area (Å²) in [7, 11) is -2.17. The zero-order chi connectivity index (χ0) is 16.5. The molecule has 0 saturated heterocycles. The number of rotatable bonds is 11. The number of aliphatic carboxylic acids is 1. The van der Waals surface area contributed by atoms with Crippen molar-refractivity contribution >= 4 is 22.0 Å². The molecular weight excluding hydrogens is 298 g/mol. The number of carbonyl (C=O) groups is 2. The van der Waals surface area contributed by atoms with Gasteiger partial charge < -0.3 is 9.84 Å². The van der Waals surface area contributed by atoms with E-state index >= 15 is 0 Å². The minimum atomic E-state index is -3.43. The topological polar surface area (TPSA) is 110 Å². The predicted molar refractivity (Wildman–Crippen MR) is 78.3 cm³/mol. The highest BCUT2D eigenvalue weighted by Gasteiger charge is 2.16. The maximum Gasteiger partial charge on any atom is 0.306 e. The lowest BCUT2D eigenvalue weighted by atomic mass is 10.0. The van der Waals surface area contributed by atoms with Gasteiger partial charge in [-0.25, -0.2) is 13.1 Å². The lowest BCUT2D eigenvalue weighted by Crippen LogP contribution is -2.34. The normalized spacial score (nSPS) is 14.4. The Bertz CT molecular complexity index is 434. The molecule has 0 radical (unpaired) electrons. The second kappa shape index (κ2) is 9.73. The number of carbonyl (C=O) groups excluding carboxylic acids is 1. The molecule has 0 aromatic rings. The van der Waals surface area contributed by atoms with Gasteiger partial charge in [-0.05, 0) is 26.2 Å². The molecule has 21 heavy (non-hydrogen) atoms. The number of hydrogen-bond donors (Lipinski definition) is 2. The van der Waals surface area contributed by atoms with Crippen molar-refractivity contribution in [3.63, 3.8) is 0 Å². The van der Waals surface area contributed by atoms with Crippen LogP contribution >= 0.6 is 0 Å². The fourth-order valence-electron chi connectivity index (χ4n) is 1.79. The number of carboxylic acids is 1. The lowest BCUT2D eigenvalue weighted by Gasteiger charge is -2.14. The van der Waals surface area contributed by atoms with Gasteiger partial charge in [0.2, 0.25) is 10.0 Å². The Labute approximate surface area is 126 Å². The van der Waals surface area contributed by atoms with Gasteiger partial charge in [0.1, 0.15) is 0 Å². The van der Waals surface area contributed by atoms with E-state index < -0.39 is 27.9 Å². The first-order valence-electron chi connectivity index (χ1n) is 6.97. The van der Waals surface area contributed by atoms with Crippen molar-refractivity contribution in [2.24, 2.45) is 5.92 Å². The van der Waals surface area contributed by atoms with E-state index in [1.807, 2.05) is 0 Å². The highest BCUT2D eigenvalue weighted by molar-refractivity contribution is 7.89. The molecule has 8 heteroatoms. The van der Waals surface area contributed by atoms with Crippen molar-refractivity contribution in [3.8, 4) is 0 Å². The molecule has 0 aromatic carbocycles.